The van der Waals surface area contributed by atoms with E-state index >= 15 is 0 Å². The highest BCUT2D eigenvalue weighted by Crippen LogP contribution is 2.27. The number of hydrogen-bond acceptors (Lipinski definition) is 2. The summed E-state index contributed by atoms with van der Waals surface area (Å²) in [7, 11) is 2.26. The second-order valence-electron chi connectivity index (χ2n) is 7.09. The molecule has 0 saturated heterocycles. The van der Waals surface area contributed by atoms with Crippen molar-refractivity contribution in [3.05, 3.63) is 29.8 Å². The highest BCUT2D eigenvalue weighted by molar-refractivity contribution is 5.53. The molecule has 2 heteroatoms. The molecular formula is C17H28N2. The first-order chi connectivity index (χ1) is 8.88. The van der Waals surface area contributed by atoms with Gasteiger partial charge < -0.3 is 10.2 Å². The zero-order valence-electron chi connectivity index (χ0n) is 13.0. The smallest absolute Gasteiger partial charge is 0.0372 e. The van der Waals surface area contributed by atoms with E-state index < -0.39 is 0 Å². The van der Waals surface area contributed by atoms with Gasteiger partial charge in [-0.2, -0.15) is 0 Å². The molecular weight excluding hydrogens is 232 g/mol. The van der Waals surface area contributed by atoms with Gasteiger partial charge in [-0.1, -0.05) is 39.0 Å². The highest BCUT2D eigenvalue weighted by Gasteiger charge is 2.26. The molecule has 19 heavy (non-hydrogen) atoms. The fraction of sp³-hybridized carbons (Fsp3) is 0.647. The number of nitrogens with zero attached hydrogens (tertiary/aromatic N) is 1. The molecule has 0 spiro atoms. The Morgan fingerprint density at radius 3 is 2.68 bits per heavy atom. The molecule has 1 aromatic carbocycles. The van der Waals surface area contributed by atoms with Crippen molar-refractivity contribution in [2.45, 2.75) is 40.2 Å². The molecule has 0 aromatic heterocycles. The highest BCUT2D eigenvalue weighted by atomic mass is 15.1. The average Bonchev–Trinajstić information content (AvgIpc) is 2.36. The van der Waals surface area contributed by atoms with Crippen LogP contribution >= 0.6 is 0 Å². The molecule has 0 bridgehead atoms. The molecule has 2 rings (SSSR count). The molecule has 2 unspecified atom stereocenters. The Labute approximate surface area is 118 Å². The first-order valence-electron chi connectivity index (χ1n) is 7.40. The van der Waals surface area contributed by atoms with Gasteiger partial charge in [-0.25, -0.2) is 0 Å². The van der Waals surface area contributed by atoms with E-state index in [0.29, 0.717) is 17.4 Å². The molecule has 2 atom stereocenters. The van der Waals surface area contributed by atoms with Crippen molar-refractivity contribution < 1.29 is 0 Å². The molecule has 1 aliphatic heterocycles. The number of hydrogen-bond donors (Lipinski definition) is 1. The van der Waals surface area contributed by atoms with E-state index in [1.807, 2.05) is 0 Å². The van der Waals surface area contributed by atoms with Gasteiger partial charge in [-0.3, -0.25) is 0 Å². The van der Waals surface area contributed by atoms with Crippen LogP contribution in [-0.4, -0.2) is 31.1 Å². The molecule has 1 aliphatic rings. The zero-order valence-corrected chi connectivity index (χ0v) is 13.0. The second-order valence-corrected chi connectivity index (χ2v) is 7.09. The Morgan fingerprint density at radius 2 is 2.00 bits per heavy atom. The maximum atomic E-state index is 3.57. The molecule has 1 aromatic rings. The van der Waals surface area contributed by atoms with Crippen molar-refractivity contribution in [2.24, 2.45) is 11.3 Å². The lowest BCUT2D eigenvalue weighted by molar-refractivity contribution is 0.124. The van der Waals surface area contributed by atoms with Crippen LogP contribution < -0.4 is 5.32 Å². The van der Waals surface area contributed by atoms with Gasteiger partial charge in [-0.05, 0) is 43.4 Å². The predicted molar refractivity (Wildman–Crippen MR) is 83.7 cm³/mol. The van der Waals surface area contributed by atoms with E-state index in [1.54, 1.807) is 0 Å². The zero-order chi connectivity index (χ0) is 14.0. The molecule has 0 radical (unpaired) electrons. The van der Waals surface area contributed by atoms with Crippen molar-refractivity contribution in [2.75, 3.05) is 25.5 Å². The largest absolute Gasteiger partial charge is 0.384 e. The van der Waals surface area contributed by atoms with E-state index in [2.05, 4.69) is 69.2 Å². The third-order valence-corrected chi connectivity index (χ3v) is 4.57. The van der Waals surface area contributed by atoms with Gasteiger partial charge in [0.25, 0.3) is 0 Å². The van der Waals surface area contributed by atoms with Crippen LogP contribution in [0.4, 0.5) is 5.69 Å². The van der Waals surface area contributed by atoms with Crippen LogP contribution in [0.5, 0.6) is 0 Å². The molecule has 1 heterocycles. The Morgan fingerprint density at radius 1 is 1.32 bits per heavy atom. The summed E-state index contributed by atoms with van der Waals surface area (Å²) in [5.74, 6) is 0.713. The third-order valence-electron chi connectivity index (χ3n) is 4.57. The standard InChI is InChI=1S/C17H28N2/c1-13(17(2,3)4)19(5)12-14-10-15-8-6-7-9-16(15)18-11-14/h6-9,13-14,18H,10-12H2,1-5H3. The molecule has 0 fully saturated rings. The number of benzene rings is 1. The number of rotatable bonds is 3. The van der Waals surface area contributed by atoms with Gasteiger partial charge in [0.15, 0.2) is 0 Å². The van der Waals surface area contributed by atoms with E-state index in [0.717, 1.165) is 6.54 Å². The van der Waals surface area contributed by atoms with Crippen LogP contribution in [0.3, 0.4) is 0 Å². The van der Waals surface area contributed by atoms with Gasteiger partial charge >= 0.3 is 0 Å². The molecule has 0 saturated carbocycles. The Hall–Kier alpha value is -1.02. The van der Waals surface area contributed by atoms with Gasteiger partial charge in [0.2, 0.25) is 0 Å². The third kappa shape index (κ3) is 3.50. The Kier molecular flexibility index (Phi) is 4.19. The van der Waals surface area contributed by atoms with Crippen molar-refractivity contribution in [3.8, 4) is 0 Å². The number of anilines is 1. The topological polar surface area (TPSA) is 15.3 Å². The van der Waals surface area contributed by atoms with Gasteiger partial charge in [-0.15, -0.1) is 0 Å². The lowest BCUT2D eigenvalue weighted by atomic mass is 9.86. The first-order valence-corrected chi connectivity index (χ1v) is 7.40. The van der Waals surface area contributed by atoms with Crippen molar-refractivity contribution in [1.29, 1.82) is 0 Å². The van der Waals surface area contributed by atoms with Gasteiger partial charge in [0, 0.05) is 24.8 Å². The van der Waals surface area contributed by atoms with Crippen molar-refractivity contribution >= 4 is 5.69 Å². The number of nitrogens with one attached hydrogen (secondary N) is 1. The molecule has 2 nitrogen and oxygen atoms in total. The lowest BCUT2D eigenvalue weighted by Crippen LogP contribution is -2.43. The summed E-state index contributed by atoms with van der Waals surface area (Å²) in [6, 6.07) is 9.30. The Bertz CT molecular complexity index is 420. The van der Waals surface area contributed by atoms with E-state index in [9.17, 15) is 0 Å². The van der Waals surface area contributed by atoms with Crippen molar-refractivity contribution in [1.82, 2.24) is 4.90 Å². The number of fused-ring (bicyclic) bond motifs is 1. The van der Waals surface area contributed by atoms with E-state index in [1.165, 1.54) is 24.2 Å². The summed E-state index contributed by atoms with van der Waals surface area (Å²) in [6.07, 6.45) is 1.20. The predicted octanol–water partition coefficient (Wildman–Crippen LogP) is 3.64. The summed E-state index contributed by atoms with van der Waals surface area (Å²) in [4.78, 5) is 2.51. The van der Waals surface area contributed by atoms with Crippen LogP contribution in [0.2, 0.25) is 0 Å². The van der Waals surface area contributed by atoms with Crippen LogP contribution in [-0.2, 0) is 6.42 Å². The minimum absolute atomic E-state index is 0.342. The summed E-state index contributed by atoms with van der Waals surface area (Å²) >= 11 is 0. The second kappa shape index (κ2) is 5.54. The number of para-hydroxylation sites is 1. The quantitative estimate of drug-likeness (QED) is 0.892. The van der Waals surface area contributed by atoms with Gasteiger partial charge in [0.1, 0.15) is 0 Å². The fourth-order valence-corrected chi connectivity index (χ4v) is 2.86. The first kappa shape index (κ1) is 14.4. The normalized spacial score (nSPS) is 20.8. The van der Waals surface area contributed by atoms with Crippen LogP contribution in [0.15, 0.2) is 24.3 Å². The van der Waals surface area contributed by atoms with Crippen molar-refractivity contribution in [3.63, 3.8) is 0 Å². The van der Waals surface area contributed by atoms with Crippen LogP contribution in [0, 0.1) is 11.3 Å². The molecule has 106 valence electrons. The van der Waals surface area contributed by atoms with Crippen LogP contribution in [0.25, 0.3) is 0 Å². The Balaban J connectivity index is 1.95. The summed E-state index contributed by atoms with van der Waals surface area (Å²) in [5, 5.41) is 3.57. The van der Waals surface area contributed by atoms with E-state index in [-0.39, 0.29) is 0 Å². The SMILES string of the molecule is CC(N(C)CC1CNc2ccccc2C1)C(C)(C)C. The monoisotopic (exact) mass is 260 g/mol. The maximum absolute atomic E-state index is 3.57. The van der Waals surface area contributed by atoms with Gasteiger partial charge in [0.05, 0.1) is 0 Å². The minimum Gasteiger partial charge on any atom is -0.384 e. The minimum atomic E-state index is 0.342. The summed E-state index contributed by atoms with van der Waals surface area (Å²) in [5.41, 5.74) is 3.13. The molecule has 1 N–H and O–H groups in total. The molecule has 0 amide bonds. The summed E-state index contributed by atoms with van der Waals surface area (Å²) < 4.78 is 0. The van der Waals surface area contributed by atoms with Crippen LogP contribution in [0.1, 0.15) is 33.3 Å². The lowest BCUT2D eigenvalue weighted by Gasteiger charge is -2.38. The maximum Gasteiger partial charge on any atom is 0.0372 e. The fourth-order valence-electron chi connectivity index (χ4n) is 2.86. The summed E-state index contributed by atoms with van der Waals surface area (Å²) in [6.45, 7) is 11.6. The van der Waals surface area contributed by atoms with E-state index in [4.69, 9.17) is 0 Å². The average molecular weight is 260 g/mol. The molecule has 0 aliphatic carbocycles.